The zero-order chi connectivity index (χ0) is 11.0. The van der Waals surface area contributed by atoms with Crippen molar-refractivity contribution < 1.29 is 14.5 Å². The van der Waals surface area contributed by atoms with E-state index in [1.54, 1.807) is 0 Å². The van der Waals surface area contributed by atoms with Crippen LogP contribution >= 0.6 is 0 Å². The first kappa shape index (κ1) is 10.1. The quantitative estimate of drug-likeness (QED) is 0.296. The Labute approximate surface area is 87.3 Å². The second-order valence-electron chi connectivity index (χ2n) is 4.11. The van der Waals surface area contributed by atoms with Crippen LogP contribution in [0.15, 0.2) is 12.2 Å². The van der Waals surface area contributed by atoms with E-state index in [0.29, 0.717) is 0 Å². The zero-order valence-electron chi connectivity index (χ0n) is 8.46. The van der Waals surface area contributed by atoms with Gasteiger partial charge in [0.05, 0.1) is 7.11 Å². The Balaban J connectivity index is 2.30. The van der Waals surface area contributed by atoms with Crippen molar-refractivity contribution in [2.45, 2.75) is 18.9 Å². The van der Waals surface area contributed by atoms with Gasteiger partial charge in [-0.2, -0.15) is 0 Å². The summed E-state index contributed by atoms with van der Waals surface area (Å²) in [6.45, 7) is 0. The fourth-order valence-corrected chi connectivity index (χ4v) is 2.70. The summed E-state index contributed by atoms with van der Waals surface area (Å²) in [4.78, 5) is 22.1. The molecule has 0 heterocycles. The molecule has 1 saturated carbocycles. The molecule has 2 bridgehead atoms. The van der Waals surface area contributed by atoms with Gasteiger partial charge in [0, 0.05) is 10.8 Å². The van der Waals surface area contributed by atoms with E-state index >= 15 is 0 Å². The summed E-state index contributed by atoms with van der Waals surface area (Å²) in [6, 6.07) is -0.791. The molecule has 0 spiro atoms. The third-order valence-corrected chi connectivity index (χ3v) is 3.42. The Morgan fingerprint density at radius 1 is 1.40 bits per heavy atom. The fraction of sp³-hybridized carbons (Fsp3) is 0.700. The Kier molecular flexibility index (Phi) is 2.46. The normalized spacial score (nSPS) is 37.7. The third-order valence-electron chi connectivity index (χ3n) is 3.42. The van der Waals surface area contributed by atoms with Gasteiger partial charge in [0.1, 0.15) is 5.92 Å². The number of nitro groups is 1. The van der Waals surface area contributed by atoms with Crippen molar-refractivity contribution in [3.05, 3.63) is 22.3 Å². The van der Waals surface area contributed by atoms with E-state index in [9.17, 15) is 14.9 Å². The number of fused-ring (bicyclic) bond motifs is 2. The van der Waals surface area contributed by atoms with Gasteiger partial charge in [-0.1, -0.05) is 12.2 Å². The minimum absolute atomic E-state index is 0.0159. The molecule has 3 aliphatic rings. The number of methoxy groups -OCH3 is 1. The largest absolute Gasteiger partial charge is 0.469 e. The maximum absolute atomic E-state index is 11.5. The molecule has 0 amide bonds. The third kappa shape index (κ3) is 1.52. The van der Waals surface area contributed by atoms with Crippen LogP contribution in [-0.2, 0) is 9.53 Å². The Morgan fingerprint density at radius 3 is 2.47 bits per heavy atom. The van der Waals surface area contributed by atoms with Crippen LogP contribution in [0.4, 0.5) is 0 Å². The number of carbonyl (C=O) groups excluding carboxylic acids is 1. The molecule has 4 unspecified atom stereocenters. The van der Waals surface area contributed by atoms with Crippen LogP contribution in [0.2, 0.25) is 0 Å². The summed E-state index contributed by atoms with van der Waals surface area (Å²) in [7, 11) is 1.28. The van der Waals surface area contributed by atoms with Crippen LogP contribution in [0.5, 0.6) is 0 Å². The summed E-state index contributed by atoms with van der Waals surface area (Å²) in [6.07, 6.45) is 5.46. The molecule has 5 heteroatoms. The molecule has 1 fully saturated rings. The van der Waals surface area contributed by atoms with Gasteiger partial charge in [0.2, 0.25) is 6.04 Å². The standard InChI is InChI=1S/C10H13NO4/c1-15-10(12)8-6-2-4-7(5-3-6)9(8)11(13)14/h2,4,6-9H,3,5H2,1H3. The van der Waals surface area contributed by atoms with Crippen LogP contribution < -0.4 is 0 Å². The molecule has 0 saturated heterocycles. The first-order chi connectivity index (χ1) is 7.15. The van der Waals surface area contributed by atoms with E-state index in [2.05, 4.69) is 4.74 Å². The van der Waals surface area contributed by atoms with Crippen LogP contribution in [0.1, 0.15) is 12.8 Å². The number of allylic oxidation sites excluding steroid dienone is 1. The topological polar surface area (TPSA) is 69.4 Å². The van der Waals surface area contributed by atoms with Crippen LogP contribution in [-0.4, -0.2) is 24.0 Å². The Morgan fingerprint density at radius 2 is 2.00 bits per heavy atom. The Hall–Kier alpha value is -1.39. The molecule has 0 aromatic rings. The number of rotatable bonds is 2. The number of hydrogen-bond donors (Lipinski definition) is 0. The van der Waals surface area contributed by atoms with Gasteiger partial charge < -0.3 is 4.74 Å². The summed E-state index contributed by atoms with van der Waals surface area (Å²) < 4.78 is 4.65. The Bertz CT molecular complexity index is 325. The summed E-state index contributed by atoms with van der Waals surface area (Å²) in [5.74, 6) is -1.16. The fourth-order valence-electron chi connectivity index (χ4n) is 2.70. The van der Waals surface area contributed by atoms with E-state index in [4.69, 9.17) is 0 Å². The lowest BCUT2D eigenvalue weighted by atomic mass is 9.66. The van der Waals surface area contributed by atoms with E-state index in [1.807, 2.05) is 12.2 Å². The van der Waals surface area contributed by atoms with Gasteiger partial charge >= 0.3 is 5.97 Å². The maximum atomic E-state index is 11.5. The van der Waals surface area contributed by atoms with Crippen molar-refractivity contribution in [2.75, 3.05) is 7.11 Å². The van der Waals surface area contributed by atoms with Gasteiger partial charge in [-0.15, -0.1) is 0 Å². The van der Waals surface area contributed by atoms with E-state index in [0.717, 1.165) is 12.8 Å². The molecule has 82 valence electrons. The predicted molar refractivity (Wildman–Crippen MR) is 51.6 cm³/mol. The number of hydrogen-bond acceptors (Lipinski definition) is 4. The average Bonchev–Trinajstić information content (AvgIpc) is 2.28. The van der Waals surface area contributed by atoms with E-state index in [1.165, 1.54) is 7.11 Å². The molecule has 0 aromatic carbocycles. The molecular formula is C10H13NO4. The van der Waals surface area contributed by atoms with Crippen LogP contribution in [0.3, 0.4) is 0 Å². The smallest absolute Gasteiger partial charge is 0.316 e. The lowest BCUT2D eigenvalue weighted by Gasteiger charge is -2.38. The van der Waals surface area contributed by atoms with Crippen LogP contribution in [0, 0.1) is 27.9 Å². The van der Waals surface area contributed by atoms with E-state index < -0.39 is 17.9 Å². The second kappa shape index (κ2) is 3.64. The number of nitrogens with zero attached hydrogens (tertiary/aromatic N) is 1. The highest BCUT2D eigenvalue weighted by atomic mass is 16.6. The van der Waals surface area contributed by atoms with Gasteiger partial charge in [0.25, 0.3) is 0 Å². The number of ether oxygens (including phenoxy) is 1. The number of carbonyl (C=O) groups is 1. The maximum Gasteiger partial charge on any atom is 0.316 e. The van der Waals surface area contributed by atoms with Crippen molar-refractivity contribution in [3.8, 4) is 0 Å². The molecule has 5 nitrogen and oxygen atoms in total. The van der Waals surface area contributed by atoms with Crippen molar-refractivity contribution in [3.63, 3.8) is 0 Å². The van der Waals surface area contributed by atoms with Crippen molar-refractivity contribution in [1.29, 1.82) is 0 Å². The van der Waals surface area contributed by atoms with Gasteiger partial charge in [0.15, 0.2) is 0 Å². The first-order valence-corrected chi connectivity index (χ1v) is 5.05. The van der Waals surface area contributed by atoms with Crippen LogP contribution in [0.25, 0.3) is 0 Å². The summed E-state index contributed by atoms with van der Waals surface area (Å²) in [5, 5.41) is 10.9. The van der Waals surface area contributed by atoms with Crippen molar-refractivity contribution in [2.24, 2.45) is 17.8 Å². The van der Waals surface area contributed by atoms with Crippen molar-refractivity contribution >= 4 is 5.97 Å². The van der Waals surface area contributed by atoms with Crippen molar-refractivity contribution in [1.82, 2.24) is 0 Å². The minimum atomic E-state index is -0.791. The van der Waals surface area contributed by atoms with Gasteiger partial charge in [-0.05, 0) is 18.8 Å². The number of esters is 1. The first-order valence-electron chi connectivity index (χ1n) is 5.05. The highest BCUT2D eigenvalue weighted by Crippen LogP contribution is 2.42. The second-order valence-corrected chi connectivity index (χ2v) is 4.11. The molecular weight excluding hydrogens is 198 g/mol. The zero-order valence-corrected chi connectivity index (χ0v) is 8.46. The lowest BCUT2D eigenvalue weighted by Crippen LogP contribution is -2.49. The molecule has 0 radical (unpaired) electrons. The molecule has 3 aliphatic carbocycles. The molecule has 0 N–H and O–H groups in total. The molecule has 0 aliphatic heterocycles. The van der Waals surface area contributed by atoms with Gasteiger partial charge in [-0.3, -0.25) is 14.9 Å². The minimum Gasteiger partial charge on any atom is -0.469 e. The average molecular weight is 211 g/mol. The SMILES string of the molecule is COC(=O)C1C2C=CC(CC2)C1[N+](=O)[O-]. The van der Waals surface area contributed by atoms with Gasteiger partial charge in [-0.25, -0.2) is 0 Å². The summed E-state index contributed by atoms with van der Waals surface area (Å²) in [5.41, 5.74) is 0. The highest BCUT2D eigenvalue weighted by molar-refractivity contribution is 5.74. The summed E-state index contributed by atoms with van der Waals surface area (Å²) >= 11 is 0. The molecule has 0 aromatic heterocycles. The lowest BCUT2D eigenvalue weighted by molar-refractivity contribution is -0.542. The van der Waals surface area contributed by atoms with E-state index in [-0.39, 0.29) is 16.8 Å². The molecule has 15 heavy (non-hydrogen) atoms. The predicted octanol–water partition coefficient (Wildman–Crippen LogP) is 1.02. The highest BCUT2D eigenvalue weighted by Gasteiger charge is 2.52. The molecule has 4 atom stereocenters. The monoisotopic (exact) mass is 211 g/mol. The molecule has 3 rings (SSSR count).